The van der Waals surface area contributed by atoms with Crippen LogP contribution in [0.5, 0.6) is 0 Å². The molecular weight excluding hydrogens is 308 g/mol. The number of rotatable bonds is 3. The van der Waals surface area contributed by atoms with E-state index >= 15 is 0 Å². The number of methoxy groups -OCH3 is 1. The number of pyridine rings is 1. The van der Waals surface area contributed by atoms with Crippen molar-refractivity contribution in [1.29, 1.82) is 0 Å². The van der Waals surface area contributed by atoms with Crippen molar-refractivity contribution < 1.29 is 14.3 Å². The molecule has 1 fully saturated rings. The number of carbonyl (C=O) groups excluding carboxylic acids is 2. The van der Waals surface area contributed by atoms with E-state index in [1.807, 2.05) is 25.1 Å². The summed E-state index contributed by atoms with van der Waals surface area (Å²) in [5.74, 6) is 0.314. The number of hydrogen-bond acceptors (Lipinski definition) is 5. The maximum Gasteiger partial charge on any atom is 0.308 e. The summed E-state index contributed by atoms with van der Waals surface area (Å²) in [5, 5.41) is 4.29. The Bertz CT molecular complexity index is 734. The third-order valence-electron chi connectivity index (χ3n) is 4.42. The van der Waals surface area contributed by atoms with Crippen LogP contribution in [0, 0.1) is 12.8 Å². The van der Waals surface area contributed by atoms with Gasteiger partial charge in [0.05, 0.1) is 30.5 Å². The van der Waals surface area contributed by atoms with Gasteiger partial charge in [0.25, 0.3) is 5.91 Å². The van der Waals surface area contributed by atoms with Crippen molar-refractivity contribution in [3.05, 3.63) is 41.9 Å². The van der Waals surface area contributed by atoms with Crippen LogP contribution in [0.1, 0.15) is 28.9 Å². The second-order valence-corrected chi connectivity index (χ2v) is 5.83. The highest BCUT2D eigenvalue weighted by Gasteiger charge is 2.29. The number of ether oxygens (including phenoxy) is 1. The third kappa shape index (κ3) is 3.02. The summed E-state index contributed by atoms with van der Waals surface area (Å²) >= 11 is 0. The topological polar surface area (TPSA) is 77.3 Å². The van der Waals surface area contributed by atoms with E-state index in [2.05, 4.69) is 10.1 Å². The smallest absolute Gasteiger partial charge is 0.308 e. The second kappa shape index (κ2) is 6.82. The van der Waals surface area contributed by atoms with Crippen LogP contribution in [0.2, 0.25) is 0 Å². The van der Waals surface area contributed by atoms with Crippen molar-refractivity contribution >= 4 is 11.9 Å². The number of esters is 1. The Hall–Kier alpha value is -2.70. The van der Waals surface area contributed by atoms with Crippen molar-refractivity contribution in [2.45, 2.75) is 19.8 Å². The van der Waals surface area contributed by atoms with Crippen LogP contribution in [-0.4, -0.2) is 51.7 Å². The summed E-state index contributed by atoms with van der Waals surface area (Å²) in [6, 6.07) is 5.55. The van der Waals surface area contributed by atoms with Gasteiger partial charge in [0.1, 0.15) is 0 Å². The summed E-state index contributed by atoms with van der Waals surface area (Å²) in [4.78, 5) is 30.4. The minimum atomic E-state index is -0.193. The molecular formula is C17H20N4O3. The summed E-state index contributed by atoms with van der Waals surface area (Å²) in [5.41, 5.74) is 1.32. The van der Waals surface area contributed by atoms with Crippen molar-refractivity contribution in [3.8, 4) is 5.82 Å². The fraction of sp³-hybridized carbons (Fsp3) is 0.412. The molecule has 1 amide bonds. The molecule has 0 radical (unpaired) electrons. The van der Waals surface area contributed by atoms with Gasteiger partial charge < -0.3 is 9.64 Å². The van der Waals surface area contributed by atoms with E-state index in [0.717, 1.165) is 5.69 Å². The van der Waals surface area contributed by atoms with Gasteiger partial charge in [-0.05, 0) is 31.9 Å². The maximum absolute atomic E-state index is 12.7. The molecule has 0 N–H and O–H groups in total. The largest absolute Gasteiger partial charge is 0.469 e. The molecule has 0 aromatic carbocycles. The van der Waals surface area contributed by atoms with Crippen LogP contribution in [0.3, 0.4) is 0 Å². The van der Waals surface area contributed by atoms with Gasteiger partial charge in [0, 0.05) is 19.3 Å². The molecule has 1 saturated heterocycles. The van der Waals surface area contributed by atoms with Gasteiger partial charge in [0.15, 0.2) is 5.82 Å². The Labute approximate surface area is 140 Å². The van der Waals surface area contributed by atoms with Crippen LogP contribution in [0.15, 0.2) is 30.6 Å². The van der Waals surface area contributed by atoms with E-state index < -0.39 is 0 Å². The second-order valence-electron chi connectivity index (χ2n) is 5.83. The minimum absolute atomic E-state index is 0.0574. The predicted octanol–water partition coefficient (Wildman–Crippen LogP) is 1.60. The van der Waals surface area contributed by atoms with Gasteiger partial charge in [-0.3, -0.25) is 9.59 Å². The Morgan fingerprint density at radius 3 is 2.62 bits per heavy atom. The molecule has 7 heteroatoms. The Morgan fingerprint density at radius 1 is 1.25 bits per heavy atom. The van der Waals surface area contributed by atoms with E-state index in [1.54, 1.807) is 22.0 Å². The van der Waals surface area contributed by atoms with E-state index in [9.17, 15) is 9.59 Å². The minimum Gasteiger partial charge on any atom is -0.469 e. The van der Waals surface area contributed by atoms with Crippen molar-refractivity contribution in [1.82, 2.24) is 19.7 Å². The predicted molar refractivity (Wildman–Crippen MR) is 86.7 cm³/mol. The van der Waals surface area contributed by atoms with Crippen molar-refractivity contribution in [2.24, 2.45) is 5.92 Å². The van der Waals surface area contributed by atoms with E-state index in [0.29, 0.717) is 37.3 Å². The fourth-order valence-corrected chi connectivity index (χ4v) is 2.98. The third-order valence-corrected chi connectivity index (χ3v) is 4.42. The zero-order valence-electron chi connectivity index (χ0n) is 13.8. The average Bonchev–Trinajstić information content (AvgIpc) is 3.02. The first kappa shape index (κ1) is 16.2. The van der Waals surface area contributed by atoms with Crippen molar-refractivity contribution in [3.63, 3.8) is 0 Å². The molecule has 2 aromatic heterocycles. The van der Waals surface area contributed by atoms with Gasteiger partial charge in [-0.2, -0.15) is 5.10 Å². The van der Waals surface area contributed by atoms with E-state index in [4.69, 9.17) is 4.74 Å². The van der Waals surface area contributed by atoms with Gasteiger partial charge in [-0.25, -0.2) is 9.67 Å². The number of nitrogens with zero attached hydrogens (tertiary/aromatic N) is 4. The molecule has 0 atom stereocenters. The molecule has 24 heavy (non-hydrogen) atoms. The molecule has 0 unspecified atom stereocenters. The van der Waals surface area contributed by atoms with Gasteiger partial charge in [-0.1, -0.05) is 6.07 Å². The lowest BCUT2D eigenvalue weighted by Gasteiger charge is -2.30. The Kier molecular flexibility index (Phi) is 4.59. The molecule has 0 saturated carbocycles. The Morgan fingerprint density at radius 2 is 2.00 bits per heavy atom. The number of aromatic nitrogens is 3. The lowest BCUT2D eigenvalue weighted by Crippen LogP contribution is -2.40. The molecule has 0 spiro atoms. The zero-order chi connectivity index (χ0) is 17.1. The van der Waals surface area contributed by atoms with Gasteiger partial charge in [-0.15, -0.1) is 0 Å². The van der Waals surface area contributed by atoms with Crippen LogP contribution in [-0.2, 0) is 9.53 Å². The monoisotopic (exact) mass is 328 g/mol. The van der Waals surface area contributed by atoms with Crippen LogP contribution in [0.25, 0.3) is 5.82 Å². The highest BCUT2D eigenvalue weighted by molar-refractivity contribution is 5.95. The summed E-state index contributed by atoms with van der Waals surface area (Å²) < 4.78 is 6.44. The van der Waals surface area contributed by atoms with E-state index in [1.165, 1.54) is 7.11 Å². The van der Waals surface area contributed by atoms with Crippen LogP contribution < -0.4 is 0 Å². The number of piperidine rings is 1. The first-order valence-corrected chi connectivity index (χ1v) is 7.95. The highest BCUT2D eigenvalue weighted by atomic mass is 16.5. The first-order chi connectivity index (χ1) is 11.6. The van der Waals surface area contributed by atoms with Crippen LogP contribution in [0.4, 0.5) is 0 Å². The number of amides is 1. The first-order valence-electron chi connectivity index (χ1n) is 7.95. The lowest BCUT2D eigenvalue weighted by atomic mass is 9.96. The highest BCUT2D eigenvalue weighted by Crippen LogP contribution is 2.21. The molecule has 2 aromatic rings. The lowest BCUT2D eigenvalue weighted by molar-refractivity contribution is -0.146. The molecule has 1 aliphatic heterocycles. The van der Waals surface area contributed by atoms with E-state index in [-0.39, 0.29) is 17.8 Å². The quantitative estimate of drug-likeness (QED) is 0.800. The molecule has 3 heterocycles. The van der Waals surface area contributed by atoms with Gasteiger partial charge in [0.2, 0.25) is 0 Å². The standard InChI is InChI=1S/C17H20N4O3/c1-12-14(11-19-21(12)15-5-3-4-8-18-15)16(22)20-9-6-13(7-10-20)17(23)24-2/h3-5,8,11,13H,6-7,9-10H2,1-2H3. The van der Waals surface area contributed by atoms with Crippen LogP contribution >= 0.6 is 0 Å². The molecule has 1 aliphatic rings. The molecule has 3 rings (SSSR count). The van der Waals surface area contributed by atoms with Gasteiger partial charge >= 0.3 is 5.97 Å². The molecule has 0 aliphatic carbocycles. The Balaban J connectivity index is 1.73. The SMILES string of the molecule is COC(=O)C1CCN(C(=O)c2cnn(-c3ccccn3)c2C)CC1. The summed E-state index contributed by atoms with van der Waals surface area (Å²) in [6.07, 6.45) is 4.53. The molecule has 7 nitrogen and oxygen atoms in total. The molecule has 0 bridgehead atoms. The summed E-state index contributed by atoms with van der Waals surface area (Å²) in [7, 11) is 1.40. The number of hydrogen-bond donors (Lipinski definition) is 0. The van der Waals surface area contributed by atoms with Crippen molar-refractivity contribution in [2.75, 3.05) is 20.2 Å². The maximum atomic E-state index is 12.7. The normalized spacial score (nSPS) is 15.3. The zero-order valence-corrected chi connectivity index (χ0v) is 13.8. The fourth-order valence-electron chi connectivity index (χ4n) is 2.98. The number of likely N-dealkylation sites (tertiary alicyclic amines) is 1. The number of carbonyl (C=O) groups is 2. The molecule has 126 valence electrons. The average molecular weight is 328 g/mol. The summed E-state index contributed by atoms with van der Waals surface area (Å²) in [6.45, 7) is 2.95.